The van der Waals surface area contributed by atoms with Crippen molar-refractivity contribution in [1.29, 1.82) is 0 Å². The summed E-state index contributed by atoms with van der Waals surface area (Å²) in [7, 11) is 0. The van der Waals surface area contributed by atoms with Gasteiger partial charge in [-0.15, -0.1) is 0 Å². The van der Waals surface area contributed by atoms with Gasteiger partial charge in [-0.1, -0.05) is 0 Å². The van der Waals surface area contributed by atoms with E-state index >= 15 is 0 Å². The molecule has 3 rings (SSSR count). The van der Waals surface area contributed by atoms with Crippen molar-refractivity contribution in [2.75, 3.05) is 24.5 Å². The van der Waals surface area contributed by atoms with Crippen LogP contribution in [-0.2, 0) is 12.8 Å². The molecule has 0 saturated carbocycles. The number of fused-ring (bicyclic) bond motifs is 1. The zero-order valence-electron chi connectivity index (χ0n) is 11.1. The molecule has 1 aromatic heterocycles. The average Bonchev–Trinajstić information content (AvgIpc) is 3.05. The highest BCUT2D eigenvalue weighted by Gasteiger charge is 2.27. The molecule has 1 atom stereocenters. The number of aryl methyl sites for hydroxylation is 2. The fraction of sp³-hybridized carbons (Fsp3) is 0.571. The fourth-order valence-corrected chi connectivity index (χ4v) is 3.10. The van der Waals surface area contributed by atoms with Gasteiger partial charge in [0.25, 0.3) is 5.91 Å². The van der Waals surface area contributed by atoms with Gasteiger partial charge in [0.15, 0.2) is 0 Å². The summed E-state index contributed by atoms with van der Waals surface area (Å²) in [5, 5.41) is 0. The maximum absolute atomic E-state index is 11.7. The highest BCUT2D eigenvalue weighted by Crippen LogP contribution is 2.30. The number of pyridine rings is 1. The highest BCUT2D eigenvalue weighted by atomic mass is 16.1. The minimum atomic E-state index is -0.381. The molecule has 1 saturated heterocycles. The first-order valence-corrected chi connectivity index (χ1v) is 6.96. The monoisotopic (exact) mass is 260 g/mol. The van der Waals surface area contributed by atoms with E-state index in [9.17, 15) is 4.79 Å². The van der Waals surface area contributed by atoms with Crippen molar-refractivity contribution >= 4 is 11.7 Å². The number of primary amides is 1. The summed E-state index contributed by atoms with van der Waals surface area (Å²) >= 11 is 0. The number of aromatic nitrogens is 1. The molecule has 1 unspecified atom stereocenters. The van der Waals surface area contributed by atoms with Crippen molar-refractivity contribution in [3.05, 3.63) is 22.9 Å². The maximum atomic E-state index is 11.7. The second-order valence-corrected chi connectivity index (χ2v) is 5.52. The van der Waals surface area contributed by atoms with Gasteiger partial charge < -0.3 is 16.4 Å². The van der Waals surface area contributed by atoms with Crippen molar-refractivity contribution in [2.24, 2.45) is 17.4 Å². The van der Waals surface area contributed by atoms with Crippen LogP contribution in [0.2, 0.25) is 0 Å². The number of hydrogen-bond acceptors (Lipinski definition) is 4. The predicted octanol–water partition coefficient (Wildman–Crippen LogP) is 0.454. The lowest BCUT2D eigenvalue weighted by atomic mass is 10.1. The first-order chi connectivity index (χ1) is 9.19. The molecule has 5 heteroatoms. The summed E-state index contributed by atoms with van der Waals surface area (Å²) < 4.78 is 0. The summed E-state index contributed by atoms with van der Waals surface area (Å²) in [5.74, 6) is 0.883. The standard InChI is InChI=1S/C14H20N4O/c15-7-9-4-5-18(8-9)14-11(13(16)19)6-10-2-1-3-12(10)17-14/h6,9H,1-5,7-8,15H2,(H2,16,19). The lowest BCUT2D eigenvalue weighted by Crippen LogP contribution is -2.27. The number of carbonyl (C=O) groups excluding carboxylic acids is 1. The highest BCUT2D eigenvalue weighted by molar-refractivity contribution is 5.98. The van der Waals surface area contributed by atoms with E-state index in [4.69, 9.17) is 16.5 Å². The Morgan fingerprint density at radius 2 is 2.32 bits per heavy atom. The third-order valence-electron chi connectivity index (χ3n) is 4.21. The van der Waals surface area contributed by atoms with Crippen LogP contribution in [0.5, 0.6) is 0 Å². The van der Waals surface area contributed by atoms with E-state index in [0.717, 1.165) is 50.3 Å². The molecule has 102 valence electrons. The molecule has 1 aromatic rings. The molecular weight excluding hydrogens is 240 g/mol. The molecule has 1 aliphatic heterocycles. The van der Waals surface area contributed by atoms with E-state index in [1.165, 1.54) is 5.56 Å². The maximum Gasteiger partial charge on any atom is 0.252 e. The Kier molecular flexibility index (Phi) is 3.14. The lowest BCUT2D eigenvalue weighted by molar-refractivity contribution is 0.100. The minimum Gasteiger partial charge on any atom is -0.365 e. The van der Waals surface area contributed by atoms with E-state index in [2.05, 4.69) is 4.90 Å². The van der Waals surface area contributed by atoms with E-state index in [0.29, 0.717) is 18.0 Å². The Bertz CT molecular complexity index is 514. The van der Waals surface area contributed by atoms with Gasteiger partial charge in [0.05, 0.1) is 5.56 Å². The lowest BCUT2D eigenvalue weighted by Gasteiger charge is -2.21. The van der Waals surface area contributed by atoms with Crippen molar-refractivity contribution in [3.63, 3.8) is 0 Å². The molecule has 4 N–H and O–H groups in total. The molecule has 5 nitrogen and oxygen atoms in total. The van der Waals surface area contributed by atoms with Crippen LogP contribution in [-0.4, -0.2) is 30.5 Å². The van der Waals surface area contributed by atoms with Crippen LogP contribution >= 0.6 is 0 Å². The summed E-state index contributed by atoms with van der Waals surface area (Å²) in [6.07, 6.45) is 4.20. The van der Waals surface area contributed by atoms with Crippen LogP contribution in [0.1, 0.15) is 34.5 Å². The molecule has 0 spiro atoms. The van der Waals surface area contributed by atoms with Gasteiger partial charge in [0.2, 0.25) is 0 Å². The third-order valence-corrected chi connectivity index (χ3v) is 4.21. The summed E-state index contributed by atoms with van der Waals surface area (Å²) in [5.41, 5.74) is 14.1. The molecular formula is C14H20N4O. The number of anilines is 1. The van der Waals surface area contributed by atoms with E-state index in [-0.39, 0.29) is 5.91 Å². The Morgan fingerprint density at radius 3 is 3.00 bits per heavy atom. The van der Waals surface area contributed by atoms with E-state index < -0.39 is 0 Å². The van der Waals surface area contributed by atoms with Crippen molar-refractivity contribution in [1.82, 2.24) is 4.98 Å². The number of nitrogens with zero attached hydrogens (tertiary/aromatic N) is 2. The van der Waals surface area contributed by atoms with Crippen LogP contribution in [0.3, 0.4) is 0 Å². The molecule has 1 amide bonds. The van der Waals surface area contributed by atoms with Gasteiger partial charge in [-0.2, -0.15) is 0 Å². The molecule has 0 aromatic carbocycles. The second-order valence-electron chi connectivity index (χ2n) is 5.52. The smallest absolute Gasteiger partial charge is 0.252 e. The topological polar surface area (TPSA) is 85.2 Å². The Hall–Kier alpha value is -1.62. The first kappa shape index (κ1) is 12.4. The van der Waals surface area contributed by atoms with Crippen LogP contribution in [0.25, 0.3) is 0 Å². The van der Waals surface area contributed by atoms with Crippen molar-refractivity contribution in [2.45, 2.75) is 25.7 Å². The third kappa shape index (κ3) is 2.18. The molecule has 19 heavy (non-hydrogen) atoms. The SMILES string of the molecule is NCC1CCN(c2nc3c(cc2C(N)=O)CCC3)C1. The van der Waals surface area contributed by atoms with Crippen LogP contribution in [0, 0.1) is 5.92 Å². The van der Waals surface area contributed by atoms with Crippen LogP contribution < -0.4 is 16.4 Å². The largest absolute Gasteiger partial charge is 0.365 e. The number of hydrogen-bond donors (Lipinski definition) is 2. The van der Waals surface area contributed by atoms with Crippen LogP contribution in [0.4, 0.5) is 5.82 Å². The molecule has 2 aliphatic rings. The summed E-state index contributed by atoms with van der Waals surface area (Å²) in [6.45, 7) is 2.48. The minimum absolute atomic E-state index is 0.381. The Labute approximate surface area is 113 Å². The number of rotatable bonds is 3. The molecule has 2 heterocycles. The quantitative estimate of drug-likeness (QED) is 0.826. The summed E-state index contributed by atoms with van der Waals surface area (Å²) in [6, 6.07) is 1.95. The van der Waals surface area contributed by atoms with E-state index in [1.54, 1.807) is 0 Å². The molecule has 0 radical (unpaired) electrons. The number of carbonyl (C=O) groups is 1. The van der Waals surface area contributed by atoms with Gasteiger partial charge in [0, 0.05) is 18.8 Å². The average molecular weight is 260 g/mol. The van der Waals surface area contributed by atoms with Gasteiger partial charge in [-0.25, -0.2) is 4.98 Å². The second kappa shape index (κ2) is 4.81. The fourth-order valence-electron chi connectivity index (χ4n) is 3.10. The number of nitrogens with two attached hydrogens (primary N) is 2. The molecule has 0 bridgehead atoms. The molecule has 1 fully saturated rings. The van der Waals surface area contributed by atoms with Crippen molar-refractivity contribution < 1.29 is 4.79 Å². The van der Waals surface area contributed by atoms with Gasteiger partial charge in [-0.05, 0) is 49.8 Å². The van der Waals surface area contributed by atoms with E-state index in [1.807, 2.05) is 6.07 Å². The molecule has 1 aliphatic carbocycles. The van der Waals surface area contributed by atoms with Crippen molar-refractivity contribution in [3.8, 4) is 0 Å². The van der Waals surface area contributed by atoms with Gasteiger partial charge in [-0.3, -0.25) is 4.79 Å². The van der Waals surface area contributed by atoms with Gasteiger partial charge in [0.1, 0.15) is 5.82 Å². The Morgan fingerprint density at radius 1 is 1.47 bits per heavy atom. The zero-order valence-corrected chi connectivity index (χ0v) is 11.1. The van der Waals surface area contributed by atoms with Gasteiger partial charge >= 0.3 is 0 Å². The Balaban J connectivity index is 1.98. The normalized spacial score (nSPS) is 21.7. The predicted molar refractivity (Wildman–Crippen MR) is 74.2 cm³/mol. The summed E-state index contributed by atoms with van der Waals surface area (Å²) in [4.78, 5) is 18.5. The first-order valence-electron chi connectivity index (χ1n) is 6.96. The number of amides is 1. The van der Waals surface area contributed by atoms with Crippen LogP contribution in [0.15, 0.2) is 6.07 Å². The zero-order chi connectivity index (χ0) is 13.4.